The van der Waals surface area contributed by atoms with Gasteiger partial charge in [0.2, 0.25) is 5.91 Å². The van der Waals surface area contributed by atoms with E-state index in [4.69, 9.17) is 11.6 Å². The van der Waals surface area contributed by atoms with Crippen molar-refractivity contribution in [3.63, 3.8) is 0 Å². The van der Waals surface area contributed by atoms with Gasteiger partial charge in [0, 0.05) is 6.26 Å². The van der Waals surface area contributed by atoms with E-state index >= 15 is 0 Å². The summed E-state index contributed by atoms with van der Waals surface area (Å²) in [5.41, 5.74) is 0.636. The number of rotatable bonds is 3. The van der Waals surface area contributed by atoms with Crippen molar-refractivity contribution in [1.29, 1.82) is 0 Å². The molecule has 96 valence electrons. The van der Waals surface area contributed by atoms with Gasteiger partial charge in [-0.15, -0.1) is 11.6 Å². The zero-order valence-corrected chi connectivity index (χ0v) is 11.7. The van der Waals surface area contributed by atoms with Gasteiger partial charge in [0.1, 0.15) is 5.88 Å². The summed E-state index contributed by atoms with van der Waals surface area (Å²) in [6.07, 6.45) is 1.14. The van der Waals surface area contributed by atoms with Gasteiger partial charge in [-0.25, -0.2) is 13.4 Å². The van der Waals surface area contributed by atoms with Crippen LogP contribution in [-0.4, -0.2) is 31.4 Å². The van der Waals surface area contributed by atoms with Gasteiger partial charge in [-0.3, -0.25) is 4.79 Å². The zero-order valence-electron chi connectivity index (χ0n) is 9.31. The zero-order chi connectivity index (χ0) is 13.3. The highest BCUT2D eigenvalue weighted by Crippen LogP contribution is 2.28. The van der Waals surface area contributed by atoms with Crippen molar-refractivity contribution in [1.82, 2.24) is 4.98 Å². The Balaban J connectivity index is 2.43. The molecule has 1 aromatic heterocycles. The lowest BCUT2D eigenvalue weighted by Gasteiger charge is -1.96. The van der Waals surface area contributed by atoms with Crippen LogP contribution in [-0.2, 0) is 14.6 Å². The fraction of sp³-hybridized carbons (Fsp3) is 0.200. The van der Waals surface area contributed by atoms with Gasteiger partial charge in [-0.05, 0) is 18.2 Å². The number of alkyl halides is 1. The van der Waals surface area contributed by atoms with Crippen LogP contribution in [0.4, 0.5) is 5.13 Å². The van der Waals surface area contributed by atoms with Crippen molar-refractivity contribution in [2.24, 2.45) is 0 Å². The van der Waals surface area contributed by atoms with Crippen LogP contribution in [0, 0.1) is 0 Å². The summed E-state index contributed by atoms with van der Waals surface area (Å²) in [6, 6.07) is 4.64. The van der Waals surface area contributed by atoms with Crippen LogP contribution in [0.1, 0.15) is 0 Å². The normalized spacial score (nSPS) is 11.7. The first-order chi connectivity index (χ1) is 8.40. The van der Waals surface area contributed by atoms with E-state index in [0.29, 0.717) is 15.3 Å². The van der Waals surface area contributed by atoms with Crippen LogP contribution in [0.2, 0.25) is 0 Å². The Morgan fingerprint density at radius 3 is 2.83 bits per heavy atom. The molecule has 0 aliphatic carbocycles. The third-order valence-electron chi connectivity index (χ3n) is 2.16. The van der Waals surface area contributed by atoms with E-state index < -0.39 is 9.84 Å². The van der Waals surface area contributed by atoms with E-state index in [1.807, 2.05) is 0 Å². The average Bonchev–Trinajstić information content (AvgIpc) is 2.68. The number of halogens is 1. The second-order valence-corrected chi connectivity index (χ2v) is 6.92. The number of aromatic nitrogens is 1. The van der Waals surface area contributed by atoms with Gasteiger partial charge in [0.15, 0.2) is 15.0 Å². The predicted molar refractivity (Wildman–Crippen MR) is 72.1 cm³/mol. The number of carbonyl (C=O) groups excluding carboxylic acids is 1. The lowest BCUT2D eigenvalue weighted by atomic mass is 10.3. The Morgan fingerprint density at radius 2 is 2.22 bits per heavy atom. The lowest BCUT2D eigenvalue weighted by molar-refractivity contribution is -0.113. The summed E-state index contributed by atoms with van der Waals surface area (Å²) in [7, 11) is -3.24. The summed E-state index contributed by atoms with van der Waals surface area (Å²) in [5.74, 6) is -0.496. The number of nitrogens with one attached hydrogen (secondary N) is 1. The van der Waals surface area contributed by atoms with Gasteiger partial charge in [-0.2, -0.15) is 0 Å². The molecule has 1 heterocycles. The second kappa shape index (κ2) is 4.83. The van der Waals surface area contributed by atoms with Crippen molar-refractivity contribution in [2.75, 3.05) is 17.5 Å². The Bertz CT molecular complexity index is 709. The number of fused-ring (bicyclic) bond motifs is 1. The standard InChI is InChI=1S/C10H9ClN2O3S2/c1-18(15,16)6-2-3-7-8(4-6)17-10(12-7)13-9(14)5-11/h2-4H,5H2,1H3,(H,12,13,14). The maximum Gasteiger partial charge on any atom is 0.241 e. The molecule has 0 radical (unpaired) electrons. The number of benzene rings is 1. The number of hydrogen-bond acceptors (Lipinski definition) is 5. The molecule has 1 aromatic carbocycles. The monoisotopic (exact) mass is 304 g/mol. The highest BCUT2D eigenvalue weighted by atomic mass is 35.5. The van der Waals surface area contributed by atoms with Crippen LogP contribution in [0.25, 0.3) is 10.2 Å². The molecule has 1 N–H and O–H groups in total. The minimum Gasteiger partial charge on any atom is -0.301 e. The molecule has 0 fully saturated rings. The van der Waals surface area contributed by atoms with Gasteiger partial charge in [0.05, 0.1) is 15.1 Å². The fourth-order valence-electron chi connectivity index (χ4n) is 1.34. The van der Waals surface area contributed by atoms with Crippen LogP contribution in [0.3, 0.4) is 0 Å². The lowest BCUT2D eigenvalue weighted by Crippen LogP contribution is -2.11. The minimum absolute atomic E-state index is 0.148. The number of anilines is 1. The quantitative estimate of drug-likeness (QED) is 0.878. The first kappa shape index (κ1) is 13.3. The Kier molecular flexibility index (Phi) is 3.56. The molecule has 1 amide bonds. The van der Waals surface area contributed by atoms with E-state index in [9.17, 15) is 13.2 Å². The fourth-order valence-corrected chi connectivity index (χ4v) is 3.05. The van der Waals surface area contributed by atoms with E-state index in [0.717, 1.165) is 6.26 Å². The number of carbonyl (C=O) groups is 1. The minimum atomic E-state index is -3.24. The summed E-state index contributed by atoms with van der Waals surface area (Å²) in [4.78, 5) is 15.5. The van der Waals surface area contributed by atoms with Crippen molar-refractivity contribution in [3.8, 4) is 0 Å². The van der Waals surface area contributed by atoms with Gasteiger partial charge < -0.3 is 5.32 Å². The van der Waals surface area contributed by atoms with Crippen molar-refractivity contribution in [3.05, 3.63) is 18.2 Å². The van der Waals surface area contributed by atoms with Crippen LogP contribution < -0.4 is 5.32 Å². The molecule has 0 spiro atoms. The smallest absolute Gasteiger partial charge is 0.241 e. The van der Waals surface area contributed by atoms with Crippen molar-refractivity contribution < 1.29 is 13.2 Å². The first-order valence-corrected chi connectivity index (χ1v) is 8.11. The van der Waals surface area contributed by atoms with Gasteiger partial charge in [0.25, 0.3) is 0 Å². The molecule has 0 unspecified atom stereocenters. The molecule has 0 aliphatic heterocycles. The summed E-state index contributed by atoms with van der Waals surface area (Å²) in [5, 5.41) is 2.93. The van der Waals surface area contributed by atoms with E-state index in [2.05, 4.69) is 10.3 Å². The number of hydrogen-bond donors (Lipinski definition) is 1. The molecule has 0 aliphatic rings. The Morgan fingerprint density at radius 1 is 1.50 bits per heavy atom. The third kappa shape index (κ3) is 2.80. The Labute approximate surface area is 113 Å². The summed E-state index contributed by atoms with van der Waals surface area (Å²) in [6.45, 7) is 0. The van der Waals surface area contributed by atoms with Gasteiger partial charge in [-0.1, -0.05) is 11.3 Å². The van der Waals surface area contributed by atoms with Crippen LogP contribution in [0.15, 0.2) is 23.1 Å². The maximum absolute atomic E-state index is 11.4. The molecule has 8 heteroatoms. The molecule has 18 heavy (non-hydrogen) atoms. The molecule has 0 saturated carbocycles. The number of sulfone groups is 1. The number of thiazole rings is 1. The molecule has 2 rings (SSSR count). The maximum atomic E-state index is 11.4. The van der Waals surface area contributed by atoms with E-state index in [1.54, 1.807) is 12.1 Å². The molecule has 0 bridgehead atoms. The topological polar surface area (TPSA) is 76.1 Å². The van der Waals surface area contributed by atoms with E-state index in [-0.39, 0.29) is 16.7 Å². The summed E-state index contributed by atoms with van der Waals surface area (Å²) >= 11 is 6.58. The summed E-state index contributed by atoms with van der Waals surface area (Å²) < 4.78 is 23.5. The van der Waals surface area contributed by atoms with Crippen LogP contribution in [0.5, 0.6) is 0 Å². The Hall–Kier alpha value is -1.18. The van der Waals surface area contributed by atoms with Crippen molar-refractivity contribution in [2.45, 2.75) is 4.90 Å². The van der Waals surface area contributed by atoms with Gasteiger partial charge >= 0.3 is 0 Å². The first-order valence-electron chi connectivity index (χ1n) is 4.86. The molecule has 5 nitrogen and oxygen atoms in total. The third-order valence-corrected chi connectivity index (χ3v) is 4.44. The number of amides is 1. The SMILES string of the molecule is CS(=O)(=O)c1ccc2nc(NC(=O)CCl)sc2c1. The molecule has 0 atom stereocenters. The second-order valence-electron chi connectivity index (χ2n) is 3.60. The van der Waals surface area contributed by atoms with E-state index in [1.165, 1.54) is 17.4 Å². The molecule has 2 aromatic rings. The average molecular weight is 305 g/mol. The molecular weight excluding hydrogens is 296 g/mol. The molecule has 0 saturated heterocycles. The largest absolute Gasteiger partial charge is 0.301 e. The van der Waals surface area contributed by atoms with Crippen LogP contribution >= 0.6 is 22.9 Å². The highest BCUT2D eigenvalue weighted by Gasteiger charge is 2.11. The predicted octanol–water partition coefficient (Wildman–Crippen LogP) is 1.88. The highest BCUT2D eigenvalue weighted by molar-refractivity contribution is 7.90. The number of nitrogens with zero attached hydrogens (tertiary/aromatic N) is 1. The van der Waals surface area contributed by atoms with Crippen molar-refractivity contribution >= 4 is 54.0 Å². The molecular formula is C10H9ClN2O3S2.